The van der Waals surface area contributed by atoms with Gasteiger partial charge < -0.3 is 0 Å². The van der Waals surface area contributed by atoms with Crippen molar-refractivity contribution in [2.24, 2.45) is 0 Å². The number of benzene rings is 1. The van der Waals surface area contributed by atoms with Gasteiger partial charge in [0.1, 0.15) is 0 Å². The number of rotatable bonds is 5. The summed E-state index contributed by atoms with van der Waals surface area (Å²) in [6, 6.07) is 6.47. The van der Waals surface area contributed by atoms with Crippen molar-refractivity contribution >= 4 is 12.0 Å². The second-order valence-corrected chi connectivity index (χ2v) is 4.60. The third-order valence-electron chi connectivity index (χ3n) is 3.31. The number of carbonyl (C=O) groups excluding carboxylic acids is 1. The van der Waals surface area contributed by atoms with E-state index in [1.54, 1.807) is 23.7 Å². The summed E-state index contributed by atoms with van der Waals surface area (Å²) in [6.07, 6.45) is 1.53. The van der Waals surface area contributed by atoms with E-state index in [4.69, 9.17) is 0 Å². The third-order valence-corrected chi connectivity index (χ3v) is 3.31. The molecule has 0 amide bonds. The first-order valence-corrected chi connectivity index (χ1v) is 6.25. The highest BCUT2D eigenvalue weighted by Gasteiger charge is 2.10. The largest absolute Gasteiger partial charge is 0.298 e. The Kier molecular flexibility index (Phi) is 3.93. The van der Waals surface area contributed by atoms with Crippen LogP contribution in [-0.4, -0.2) is 21.0 Å². The molecule has 0 saturated carbocycles. The van der Waals surface area contributed by atoms with Crippen molar-refractivity contribution in [2.45, 2.75) is 26.8 Å². The Morgan fingerprint density at radius 1 is 1.30 bits per heavy atom. The fraction of sp³-hybridized carbons (Fsp3) is 0.286. The van der Waals surface area contributed by atoms with Crippen molar-refractivity contribution in [2.75, 3.05) is 0 Å². The Morgan fingerprint density at radius 3 is 2.45 bits per heavy atom. The molecule has 0 aliphatic carbocycles. The van der Waals surface area contributed by atoms with Crippen molar-refractivity contribution in [3.8, 4) is 0 Å². The molecule has 0 aliphatic heterocycles. The lowest BCUT2D eigenvalue weighted by atomic mass is 10.1. The maximum absolute atomic E-state index is 10.9. The molecule has 1 aromatic carbocycles. The highest BCUT2D eigenvalue weighted by atomic mass is 16.6. The summed E-state index contributed by atoms with van der Waals surface area (Å²) in [7, 11) is 0. The molecule has 0 fully saturated rings. The number of aryl methyl sites for hydroxylation is 3. The van der Waals surface area contributed by atoms with Gasteiger partial charge in [0.15, 0.2) is 6.29 Å². The molecule has 0 unspecified atom stereocenters. The molecule has 0 spiro atoms. The molecule has 104 valence electrons. The van der Waals surface area contributed by atoms with Crippen molar-refractivity contribution in [1.82, 2.24) is 9.78 Å². The molecule has 6 heteroatoms. The lowest BCUT2D eigenvalue weighted by molar-refractivity contribution is -0.384. The second-order valence-electron chi connectivity index (χ2n) is 4.60. The predicted octanol–water partition coefficient (Wildman–Crippen LogP) is 2.46. The first-order valence-electron chi connectivity index (χ1n) is 6.25. The van der Waals surface area contributed by atoms with Crippen LogP contribution in [0.25, 0.3) is 0 Å². The predicted molar refractivity (Wildman–Crippen MR) is 73.9 cm³/mol. The minimum atomic E-state index is -0.416. The van der Waals surface area contributed by atoms with Crippen LogP contribution in [0.1, 0.15) is 27.3 Å². The summed E-state index contributed by atoms with van der Waals surface area (Å²) in [6.45, 7) is 4.30. The van der Waals surface area contributed by atoms with Crippen LogP contribution >= 0.6 is 0 Å². The topological polar surface area (TPSA) is 78.0 Å². The molecular formula is C14H15N3O3. The SMILES string of the molecule is Cc1nn(CCc2ccc([N+](=O)[O-])cc2)c(C)c1C=O. The molecule has 0 aliphatic rings. The Hall–Kier alpha value is -2.50. The maximum Gasteiger partial charge on any atom is 0.269 e. The molecule has 0 radical (unpaired) electrons. The standard InChI is InChI=1S/C14H15N3O3/c1-10-14(9-18)11(2)16(15-10)8-7-12-3-5-13(6-4-12)17(19)20/h3-6,9H,7-8H2,1-2H3. The van der Waals surface area contributed by atoms with E-state index in [0.29, 0.717) is 18.5 Å². The normalized spacial score (nSPS) is 10.5. The molecule has 1 heterocycles. The van der Waals surface area contributed by atoms with Gasteiger partial charge >= 0.3 is 0 Å². The number of nitrogens with zero attached hydrogens (tertiary/aromatic N) is 3. The summed E-state index contributed by atoms with van der Waals surface area (Å²) in [5.74, 6) is 0. The smallest absolute Gasteiger partial charge is 0.269 e. The highest BCUT2D eigenvalue weighted by Crippen LogP contribution is 2.14. The lowest BCUT2D eigenvalue weighted by Gasteiger charge is -2.04. The van der Waals surface area contributed by atoms with E-state index in [0.717, 1.165) is 23.2 Å². The van der Waals surface area contributed by atoms with E-state index < -0.39 is 4.92 Å². The van der Waals surface area contributed by atoms with E-state index in [1.165, 1.54) is 12.1 Å². The van der Waals surface area contributed by atoms with Crippen LogP contribution in [-0.2, 0) is 13.0 Å². The van der Waals surface area contributed by atoms with Crippen LogP contribution in [0.5, 0.6) is 0 Å². The molecule has 1 aromatic heterocycles. The number of aldehydes is 1. The van der Waals surface area contributed by atoms with E-state index in [9.17, 15) is 14.9 Å². The fourth-order valence-corrected chi connectivity index (χ4v) is 2.12. The zero-order valence-corrected chi connectivity index (χ0v) is 11.4. The van der Waals surface area contributed by atoms with Gasteiger partial charge in [-0.2, -0.15) is 5.10 Å². The average molecular weight is 273 g/mol. The molecule has 20 heavy (non-hydrogen) atoms. The molecule has 0 N–H and O–H groups in total. The van der Waals surface area contributed by atoms with Crippen molar-refractivity contribution in [3.05, 3.63) is 56.9 Å². The van der Waals surface area contributed by atoms with Crippen molar-refractivity contribution in [1.29, 1.82) is 0 Å². The zero-order valence-electron chi connectivity index (χ0n) is 11.4. The highest BCUT2D eigenvalue weighted by molar-refractivity contribution is 5.78. The monoisotopic (exact) mass is 273 g/mol. The van der Waals surface area contributed by atoms with E-state index in [-0.39, 0.29) is 5.69 Å². The van der Waals surface area contributed by atoms with Crippen LogP contribution < -0.4 is 0 Å². The number of nitro groups is 1. The van der Waals surface area contributed by atoms with E-state index in [1.807, 2.05) is 6.92 Å². The number of carbonyl (C=O) groups is 1. The van der Waals surface area contributed by atoms with Crippen molar-refractivity contribution in [3.63, 3.8) is 0 Å². The van der Waals surface area contributed by atoms with Gasteiger partial charge in [-0.15, -0.1) is 0 Å². The van der Waals surface area contributed by atoms with Gasteiger partial charge in [0, 0.05) is 24.4 Å². The summed E-state index contributed by atoms with van der Waals surface area (Å²) >= 11 is 0. The van der Waals surface area contributed by atoms with Crippen LogP contribution in [0.15, 0.2) is 24.3 Å². The number of hydrogen-bond donors (Lipinski definition) is 0. The Labute approximate surface area is 116 Å². The third kappa shape index (κ3) is 2.74. The van der Waals surface area contributed by atoms with Crippen LogP contribution in [0.3, 0.4) is 0 Å². The molecule has 0 bridgehead atoms. The van der Waals surface area contributed by atoms with Gasteiger partial charge in [0.05, 0.1) is 16.2 Å². The van der Waals surface area contributed by atoms with E-state index in [2.05, 4.69) is 5.10 Å². The van der Waals surface area contributed by atoms with Crippen LogP contribution in [0, 0.1) is 24.0 Å². The van der Waals surface area contributed by atoms with Gasteiger partial charge in [0.25, 0.3) is 5.69 Å². The molecule has 6 nitrogen and oxygen atoms in total. The molecule has 2 rings (SSSR count). The number of nitro benzene ring substituents is 1. The van der Waals surface area contributed by atoms with Crippen LogP contribution in [0.2, 0.25) is 0 Å². The Morgan fingerprint density at radius 2 is 1.95 bits per heavy atom. The summed E-state index contributed by atoms with van der Waals surface area (Å²) < 4.78 is 1.79. The average Bonchev–Trinajstić information content (AvgIpc) is 2.71. The second kappa shape index (κ2) is 5.64. The maximum atomic E-state index is 10.9. The first kappa shape index (κ1) is 13.9. The Bertz CT molecular complexity index is 644. The van der Waals surface area contributed by atoms with Crippen molar-refractivity contribution < 1.29 is 9.72 Å². The first-order chi connectivity index (χ1) is 9.52. The molecule has 0 saturated heterocycles. The molecule has 0 atom stereocenters. The zero-order chi connectivity index (χ0) is 14.7. The minimum Gasteiger partial charge on any atom is -0.298 e. The number of hydrogen-bond acceptors (Lipinski definition) is 4. The van der Waals surface area contributed by atoms with Gasteiger partial charge in [-0.25, -0.2) is 0 Å². The van der Waals surface area contributed by atoms with Gasteiger partial charge in [-0.1, -0.05) is 12.1 Å². The van der Waals surface area contributed by atoms with E-state index >= 15 is 0 Å². The summed E-state index contributed by atoms with van der Waals surface area (Å²) in [5, 5.41) is 14.9. The number of aromatic nitrogens is 2. The minimum absolute atomic E-state index is 0.0862. The quantitative estimate of drug-likeness (QED) is 0.476. The number of non-ortho nitro benzene ring substituents is 1. The molecule has 2 aromatic rings. The molecular weight excluding hydrogens is 258 g/mol. The van der Waals surface area contributed by atoms with Gasteiger partial charge in [-0.3, -0.25) is 19.6 Å². The lowest BCUT2D eigenvalue weighted by Crippen LogP contribution is -2.05. The summed E-state index contributed by atoms with van der Waals surface area (Å²) in [5.41, 5.74) is 3.29. The Balaban J connectivity index is 2.09. The summed E-state index contributed by atoms with van der Waals surface area (Å²) in [4.78, 5) is 21.1. The van der Waals surface area contributed by atoms with Gasteiger partial charge in [0.2, 0.25) is 0 Å². The van der Waals surface area contributed by atoms with Gasteiger partial charge in [-0.05, 0) is 25.8 Å². The fourth-order valence-electron chi connectivity index (χ4n) is 2.12. The van der Waals surface area contributed by atoms with Crippen LogP contribution in [0.4, 0.5) is 5.69 Å².